The van der Waals surface area contributed by atoms with Gasteiger partial charge in [-0.3, -0.25) is 4.79 Å². The highest BCUT2D eigenvalue weighted by atomic mass is 32.2. The second-order valence-electron chi connectivity index (χ2n) is 4.69. The summed E-state index contributed by atoms with van der Waals surface area (Å²) in [6.45, 7) is 0.544. The zero-order valence-corrected chi connectivity index (χ0v) is 11.4. The Morgan fingerprint density at radius 1 is 1.30 bits per heavy atom. The third-order valence-electron chi connectivity index (χ3n) is 3.37. The van der Waals surface area contributed by atoms with E-state index in [-0.39, 0.29) is 10.7 Å². The Labute approximate surface area is 116 Å². The van der Waals surface area contributed by atoms with Crippen LogP contribution in [0.15, 0.2) is 39.8 Å². The van der Waals surface area contributed by atoms with Crippen LogP contribution in [0.1, 0.15) is 12.0 Å². The second kappa shape index (κ2) is 4.45. The van der Waals surface area contributed by atoms with E-state index in [0.29, 0.717) is 6.54 Å². The first-order valence-corrected chi connectivity index (χ1v) is 7.65. The normalized spacial score (nSPS) is 20.1. The van der Waals surface area contributed by atoms with Crippen molar-refractivity contribution in [2.24, 2.45) is 10.1 Å². The number of hydrogen-bond donors (Lipinski definition) is 1. The minimum absolute atomic E-state index is 0.126. The highest BCUT2D eigenvalue weighted by Gasteiger charge is 2.31. The number of fused-ring (bicyclic) bond motifs is 1. The van der Waals surface area contributed by atoms with E-state index in [1.54, 1.807) is 4.90 Å². The van der Waals surface area contributed by atoms with Gasteiger partial charge in [-0.2, -0.15) is 12.8 Å². The number of sulfonamides is 1. The first-order chi connectivity index (χ1) is 9.49. The smallest absolute Gasteiger partial charge is 0.298 e. The monoisotopic (exact) mass is 291 g/mol. The zero-order valence-electron chi connectivity index (χ0n) is 10.6. The average molecular weight is 291 g/mol. The third-order valence-corrected chi connectivity index (χ3v) is 4.52. The van der Waals surface area contributed by atoms with Crippen LogP contribution in [0.3, 0.4) is 0 Å². The fraction of sp³-hybridized carbons (Fsp3) is 0.231. The maximum atomic E-state index is 12.4. The molecule has 2 aliphatic heterocycles. The number of hydrogen-bond acceptors (Lipinski definition) is 4. The molecule has 2 heterocycles. The number of amides is 1. The largest absolute Gasteiger partial charge is 0.388 e. The summed E-state index contributed by atoms with van der Waals surface area (Å²) in [5.41, 5.74) is 7.11. The van der Waals surface area contributed by atoms with Crippen molar-refractivity contribution in [3.8, 4) is 0 Å². The number of carbonyl (C=O) groups is 1. The number of para-hydroxylation sites is 1. The summed E-state index contributed by atoms with van der Waals surface area (Å²) in [7, 11) is -3.86. The van der Waals surface area contributed by atoms with Crippen molar-refractivity contribution in [3.05, 3.63) is 40.9 Å². The number of nitrogens with zero attached hydrogens (tertiary/aromatic N) is 2. The van der Waals surface area contributed by atoms with E-state index in [9.17, 15) is 13.2 Å². The van der Waals surface area contributed by atoms with Crippen LogP contribution in [0.25, 0.3) is 0 Å². The van der Waals surface area contributed by atoms with Gasteiger partial charge in [-0.15, -0.1) is 0 Å². The molecule has 0 spiro atoms. The first-order valence-electron chi connectivity index (χ1n) is 6.21. The highest BCUT2D eigenvalue weighted by molar-refractivity contribution is 7.94. The van der Waals surface area contributed by atoms with Gasteiger partial charge in [0.25, 0.3) is 15.9 Å². The minimum atomic E-state index is -3.86. The quantitative estimate of drug-likeness (QED) is 0.817. The van der Waals surface area contributed by atoms with Crippen LogP contribution in [0, 0.1) is 0 Å². The van der Waals surface area contributed by atoms with Crippen LogP contribution >= 0.6 is 0 Å². The molecule has 0 unspecified atom stereocenters. The van der Waals surface area contributed by atoms with Crippen molar-refractivity contribution >= 4 is 27.3 Å². The summed E-state index contributed by atoms with van der Waals surface area (Å²) in [6.07, 6.45) is 2.86. The van der Waals surface area contributed by atoms with Gasteiger partial charge in [0.1, 0.15) is 5.71 Å². The van der Waals surface area contributed by atoms with Gasteiger partial charge in [-0.1, -0.05) is 18.2 Å². The van der Waals surface area contributed by atoms with E-state index < -0.39 is 15.9 Å². The third kappa shape index (κ3) is 2.00. The SMILES string of the molecule is NC1=CC(C(=O)N2CCCc3ccccc32)=NS1(=O)=O. The molecule has 0 atom stereocenters. The molecular weight excluding hydrogens is 278 g/mol. The van der Waals surface area contributed by atoms with Gasteiger partial charge in [0, 0.05) is 18.3 Å². The zero-order chi connectivity index (χ0) is 14.3. The first kappa shape index (κ1) is 12.9. The predicted molar refractivity (Wildman–Crippen MR) is 75.7 cm³/mol. The lowest BCUT2D eigenvalue weighted by molar-refractivity contribution is -0.112. The molecule has 0 radical (unpaired) electrons. The number of benzene rings is 1. The number of anilines is 1. The lowest BCUT2D eigenvalue weighted by Gasteiger charge is -2.29. The molecule has 3 rings (SSSR count). The summed E-state index contributed by atoms with van der Waals surface area (Å²) >= 11 is 0. The van der Waals surface area contributed by atoms with Crippen molar-refractivity contribution in [2.45, 2.75) is 12.8 Å². The highest BCUT2D eigenvalue weighted by Crippen LogP contribution is 2.27. The molecule has 1 aromatic rings. The topological polar surface area (TPSA) is 92.8 Å². The van der Waals surface area contributed by atoms with Gasteiger partial charge in [0.15, 0.2) is 5.03 Å². The van der Waals surface area contributed by atoms with Gasteiger partial charge in [0.2, 0.25) is 0 Å². The van der Waals surface area contributed by atoms with Crippen LogP contribution in [0.2, 0.25) is 0 Å². The van der Waals surface area contributed by atoms with Crippen molar-refractivity contribution < 1.29 is 13.2 Å². The van der Waals surface area contributed by atoms with Crippen molar-refractivity contribution in [1.29, 1.82) is 0 Å². The van der Waals surface area contributed by atoms with Crippen molar-refractivity contribution in [3.63, 3.8) is 0 Å². The van der Waals surface area contributed by atoms with Gasteiger partial charge < -0.3 is 10.6 Å². The van der Waals surface area contributed by atoms with Gasteiger partial charge in [-0.25, -0.2) is 0 Å². The van der Waals surface area contributed by atoms with E-state index in [2.05, 4.69) is 4.40 Å². The van der Waals surface area contributed by atoms with E-state index in [4.69, 9.17) is 5.73 Å². The maximum absolute atomic E-state index is 12.4. The Hall–Kier alpha value is -2.15. The van der Waals surface area contributed by atoms with Crippen LogP contribution in [-0.2, 0) is 21.2 Å². The van der Waals surface area contributed by atoms with Gasteiger partial charge in [-0.05, 0) is 24.5 Å². The summed E-state index contributed by atoms with van der Waals surface area (Å²) < 4.78 is 26.3. The second-order valence-corrected chi connectivity index (χ2v) is 6.29. The van der Waals surface area contributed by atoms with E-state index in [1.807, 2.05) is 24.3 Å². The molecule has 7 heteroatoms. The Bertz CT molecular complexity index is 750. The fourth-order valence-electron chi connectivity index (χ4n) is 2.40. The molecule has 104 valence electrons. The molecule has 2 N–H and O–H groups in total. The molecule has 0 saturated heterocycles. The van der Waals surface area contributed by atoms with Gasteiger partial charge >= 0.3 is 0 Å². The molecule has 1 amide bonds. The summed E-state index contributed by atoms with van der Waals surface area (Å²) in [5.74, 6) is -0.429. The molecule has 0 fully saturated rings. The van der Waals surface area contributed by atoms with Crippen molar-refractivity contribution in [2.75, 3.05) is 11.4 Å². The lowest BCUT2D eigenvalue weighted by Crippen LogP contribution is -2.39. The molecule has 0 aromatic heterocycles. The predicted octanol–water partition coefficient (Wildman–Crippen LogP) is 0.550. The summed E-state index contributed by atoms with van der Waals surface area (Å²) in [5, 5.41) is -0.383. The van der Waals surface area contributed by atoms with Crippen LogP contribution in [-0.4, -0.2) is 26.6 Å². The van der Waals surface area contributed by atoms with E-state index in [1.165, 1.54) is 0 Å². The van der Waals surface area contributed by atoms with E-state index >= 15 is 0 Å². The van der Waals surface area contributed by atoms with Crippen LogP contribution < -0.4 is 10.6 Å². The molecule has 20 heavy (non-hydrogen) atoms. The maximum Gasteiger partial charge on any atom is 0.298 e. The summed E-state index contributed by atoms with van der Waals surface area (Å²) in [6, 6.07) is 7.58. The number of carbonyl (C=O) groups excluding carboxylic acids is 1. The van der Waals surface area contributed by atoms with E-state index in [0.717, 1.165) is 30.2 Å². The Kier molecular flexibility index (Phi) is 2.86. The standard InChI is InChI=1S/C13H13N3O3S/c14-12-8-10(15-20(12,18)19)13(17)16-7-3-5-9-4-1-2-6-11(9)16/h1-2,4,6,8H,3,5,7,14H2. The molecule has 0 aliphatic carbocycles. The Morgan fingerprint density at radius 3 is 2.75 bits per heavy atom. The average Bonchev–Trinajstić information content (AvgIpc) is 2.71. The van der Waals surface area contributed by atoms with Gasteiger partial charge in [0.05, 0.1) is 0 Å². The molecule has 0 bridgehead atoms. The fourth-order valence-corrected chi connectivity index (χ4v) is 3.16. The summed E-state index contributed by atoms with van der Waals surface area (Å²) in [4.78, 5) is 14.0. The Morgan fingerprint density at radius 2 is 2.05 bits per heavy atom. The molecular formula is C13H13N3O3S. The molecule has 6 nitrogen and oxygen atoms in total. The molecule has 2 aliphatic rings. The lowest BCUT2D eigenvalue weighted by atomic mass is 10.0. The molecule has 1 aromatic carbocycles. The minimum Gasteiger partial charge on any atom is -0.388 e. The molecule has 0 saturated carbocycles. The number of aryl methyl sites for hydroxylation is 1. The number of rotatable bonds is 1. The van der Waals surface area contributed by atoms with Crippen molar-refractivity contribution in [1.82, 2.24) is 0 Å². The Balaban J connectivity index is 1.99. The van der Waals surface area contributed by atoms with Crippen LogP contribution in [0.4, 0.5) is 5.69 Å². The number of nitrogens with two attached hydrogens (primary N) is 1. The van der Waals surface area contributed by atoms with Crippen LogP contribution in [0.5, 0.6) is 0 Å².